The van der Waals surface area contributed by atoms with Crippen LogP contribution in [-0.2, 0) is 11.3 Å². The molecule has 0 bridgehead atoms. The fourth-order valence-corrected chi connectivity index (χ4v) is 5.06. The predicted molar refractivity (Wildman–Crippen MR) is 117 cm³/mol. The summed E-state index contributed by atoms with van der Waals surface area (Å²) < 4.78 is 7.50. The maximum atomic E-state index is 13.2. The van der Waals surface area contributed by atoms with E-state index in [-0.39, 0.29) is 5.56 Å². The zero-order valence-corrected chi connectivity index (χ0v) is 18.4. The van der Waals surface area contributed by atoms with Crippen molar-refractivity contribution in [2.45, 2.75) is 64.3 Å². The molecule has 0 radical (unpaired) electrons. The summed E-state index contributed by atoms with van der Waals surface area (Å²) in [7, 11) is 0. The maximum absolute atomic E-state index is 13.2. The Bertz CT molecular complexity index is 820. The molecule has 1 aliphatic heterocycles. The van der Waals surface area contributed by atoms with Gasteiger partial charge in [0.25, 0.3) is 5.56 Å². The van der Waals surface area contributed by atoms with Crippen LogP contribution in [0.15, 0.2) is 34.2 Å². The van der Waals surface area contributed by atoms with E-state index in [0.29, 0.717) is 29.9 Å². The van der Waals surface area contributed by atoms with Gasteiger partial charge in [-0.1, -0.05) is 23.9 Å². The monoisotopic (exact) mass is 403 g/mol. The van der Waals surface area contributed by atoms with Gasteiger partial charge in [0.05, 0.1) is 17.5 Å². The summed E-state index contributed by atoms with van der Waals surface area (Å²) in [4.78, 5) is 20.5. The normalized spacial score (nSPS) is 17.9. The summed E-state index contributed by atoms with van der Waals surface area (Å²) in [6, 6.07) is 8.56. The van der Waals surface area contributed by atoms with Crippen LogP contribution in [0.1, 0.15) is 40.5 Å². The zero-order valence-electron chi connectivity index (χ0n) is 17.6. The molecule has 0 spiro atoms. The first-order chi connectivity index (χ1) is 13.5. The van der Waals surface area contributed by atoms with Gasteiger partial charge in [-0.15, -0.1) is 0 Å². The van der Waals surface area contributed by atoms with Gasteiger partial charge in [-0.2, -0.15) is 0 Å². The molecule has 0 amide bonds. The van der Waals surface area contributed by atoms with Crippen LogP contribution in [0.2, 0.25) is 0 Å². The molecule has 0 N–H and O–H groups in total. The van der Waals surface area contributed by atoms with Gasteiger partial charge in [0, 0.05) is 37.5 Å². The Morgan fingerprint density at radius 3 is 2.68 bits per heavy atom. The van der Waals surface area contributed by atoms with E-state index in [1.54, 1.807) is 11.8 Å². The van der Waals surface area contributed by atoms with Crippen molar-refractivity contribution in [1.29, 1.82) is 0 Å². The third kappa shape index (κ3) is 5.16. The van der Waals surface area contributed by atoms with Crippen LogP contribution in [0.3, 0.4) is 0 Å². The predicted octanol–water partition coefficient (Wildman–Crippen LogP) is 4.03. The number of rotatable bonds is 8. The highest BCUT2D eigenvalue weighted by atomic mass is 32.2. The third-order valence-corrected chi connectivity index (χ3v) is 6.65. The molecule has 154 valence electrons. The second-order valence-electron chi connectivity index (χ2n) is 8.19. The van der Waals surface area contributed by atoms with Crippen molar-refractivity contribution in [2.24, 2.45) is 5.92 Å². The highest BCUT2D eigenvalue weighted by Crippen LogP contribution is 2.24. The quantitative estimate of drug-likeness (QED) is 0.492. The average Bonchev–Trinajstić information content (AvgIpc) is 2.68. The van der Waals surface area contributed by atoms with Crippen LogP contribution < -0.4 is 5.56 Å². The van der Waals surface area contributed by atoms with Crippen LogP contribution >= 0.6 is 11.8 Å². The fourth-order valence-electron chi connectivity index (χ4n) is 3.91. The van der Waals surface area contributed by atoms with Gasteiger partial charge in [0.15, 0.2) is 5.16 Å². The summed E-state index contributed by atoms with van der Waals surface area (Å²) in [5.41, 5.74) is 0.858. The lowest BCUT2D eigenvalue weighted by atomic mass is 10.1. The molecule has 1 saturated heterocycles. The topological polar surface area (TPSA) is 47.4 Å². The van der Waals surface area contributed by atoms with Gasteiger partial charge in [-0.25, -0.2) is 4.98 Å². The Hall–Kier alpha value is -1.37. The van der Waals surface area contributed by atoms with E-state index >= 15 is 0 Å². The Kier molecular flexibility index (Phi) is 7.55. The van der Waals surface area contributed by atoms with E-state index in [9.17, 15) is 4.79 Å². The molecule has 5 nitrogen and oxygen atoms in total. The zero-order chi connectivity index (χ0) is 20.1. The third-order valence-electron chi connectivity index (χ3n) is 5.44. The van der Waals surface area contributed by atoms with Gasteiger partial charge in [-0.3, -0.25) is 14.3 Å². The van der Waals surface area contributed by atoms with Crippen molar-refractivity contribution in [1.82, 2.24) is 14.5 Å². The highest BCUT2D eigenvalue weighted by molar-refractivity contribution is 7.99. The molecule has 1 aliphatic rings. The highest BCUT2D eigenvalue weighted by Gasteiger charge is 2.19. The van der Waals surface area contributed by atoms with Crippen molar-refractivity contribution in [2.75, 3.05) is 25.5 Å². The second kappa shape index (κ2) is 9.90. The first-order valence-electron chi connectivity index (χ1n) is 10.4. The first-order valence-corrected chi connectivity index (χ1v) is 11.4. The molecule has 6 heteroatoms. The molecule has 2 aromatic rings. The van der Waals surface area contributed by atoms with Crippen LogP contribution in [0.4, 0.5) is 0 Å². The lowest BCUT2D eigenvalue weighted by molar-refractivity contribution is 0.0632. The molecule has 28 heavy (non-hydrogen) atoms. The standard InChI is InChI=1S/C22H33N3O2S/c1-16(2)24(17(3)4)11-12-25-21(26)19-9-5-6-10-20(19)23-22(25)28-15-18-8-7-13-27-14-18/h5-6,9-10,16-18H,7-8,11-15H2,1-4H3/t18-/m0/s1. The van der Waals surface area contributed by atoms with E-state index in [0.717, 1.165) is 42.6 Å². The van der Waals surface area contributed by atoms with Gasteiger partial charge >= 0.3 is 0 Å². The molecular formula is C22H33N3O2S. The van der Waals surface area contributed by atoms with E-state index < -0.39 is 0 Å². The van der Waals surface area contributed by atoms with Crippen molar-refractivity contribution in [3.8, 4) is 0 Å². The summed E-state index contributed by atoms with van der Waals surface area (Å²) in [5.74, 6) is 1.49. The number of aromatic nitrogens is 2. The molecular weight excluding hydrogens is 370 g/mol. The smallest absolute Gasteiger partial charge is 0.262 e. The molecule has 0 unspecified atom stereocenters. The number of para-hydroxylation sites is 1. The largest absolute Gasteiger partial charge is 0.381 e. The lowest BCUT2D eigenvalue weighted by Gasteiger charge is -2.31. The van der Waals surface area contributed by atoms with Crippen molar-refractivity contribution in [3.63, 3.8) is 0 Å². The molecule has 1 fully saturated rings. The molecule has 1 atom stereocenters. The Balaban J connectivity index is 1.86. The summed E-state index contributed by atoms with van der Waals surface area (Å²) in [6.45, 7) is 12.0. The first kappa shape index (κ1) is 21.3. The Labute approximate surface area is 172 Å². The number of hydrogen-bond donors (Lipinski definition) is 0. The second-order valence-corrected chi connectivity index (χ2v) is 9.17. The maximum Gasteiger partial charge on any atom is 0.262 e. The molecule has 3 rings (SSSR count). The Morgan fingerprint density at radius 2 is 2.00 bits per heavy atom. The summed E-state index contributed by atoms with van der Waals surface area (Å²) >= 11 is 1.70. The van der Waals surface area contributed by atoms with Crippen molar-refractivity contribution < 1.29 is 4.74 Å². The van der Waals surface area contributed by atoms with Crippen LogP contribution in [0.25, 0.3) is 10.9 Å². The molecule has 1 aromatic heterocycles. The number of nitrogens with zero attached hydrogens (tertiary/aromatic N) is 3. The summed E-state index contributed by atoms with van der Waals surface area (Å²) in [5, 5.41) is 1.54. The fraction of sp³-hybridized carbons (Fsp3) is 0.636. The van der Waals surface area contributed by atoms with E-state index in [4.69, 9.17) is 9.72 Å². The van der Waals surface area contributed by atoms with Gasteiger partial charge in [-0.05, 0) is 58.6 Å². The van der Waals surface area contributed by atoms with Gasteiger partial charge < -0.3 is 4.74 Å². The minimum absolute atomic E-state index is 0.0699. The van der Waals surface area contributed by atoms with Crippen LogP contribution in [0.5, 0.6) is 0 Å². The van der Waals surface area contributed by atoms with Crippen molar-refractivity contribution >= 4 is 22.7 Å². The number of ether oxygens (including phenoxy) is 1. The molecule has 2 heterocycles. The molecule has 1 aromatic carbocycles. The molecule has 0 saturated carbocycles. The Morgan fingerprint density at radius 1 is 1.25 bits per heavy atom. The lowest BCUT2D eigenvalue weighted by Crippen LogP contribution is -2.40. The molecule has 0 aliphatic carbocycles. The van der Waals surface area contributed by atoms with Crippen molar-refractivity contribution in [3.05, 3.63) is 34.6 Å². The minimum Gasteiger partial charge on any atom is -0.381 e. The van der Waals surface area contributed by atoms with Crippen LogP contribution in [0, 0.1) is 5.92 Å². The number of fused-ring (bicyclic) bond motifs is 1. The SMILES string of the molecule is CC(C)N(CCn1c(SC[C@H]2CCCOC2)nc2ccccc2c1=O)C(C)C. The minimum atomic E-state index is 0.0699. The average molecular weight is 404 g/mol. The van der Waals surface area contributed by atoms with Gasteiger partial charge in [0.2, 0.25) is 0 Å². The number of hydrogen-bond acceptors (Lipinski definition) is 5. The summed E-state index contributed by atoms with van der Waals surface area (Å²) in [6.07, 6.45) is 2.32. The van der Waals surface area contributed by atoms with E-state index in [2.05, 4.69) is 32.6 Å². The van der Waals surface area contributed by atoms with E-state index in [1.165, 1.54) is 6.42 Å². The number of thioether (sulfide) groups is 1. The van der Waals surface area contributed by atoms with E-state index in [1.807, 2.05) is 28.8 Å². The van der Waals surface area contributed by atoms with Gasteiger partial charge in [0.1, 0.15) is 0 Å². The number of benzene rings is 1. The van der Waals surface area contributed by atoms with Crippen LogP contribution in [-0.4, -0.2) is 52.0 Å².